The van der Waals surface area contributed by atoms with Crippen LogP contribution in [-0.2, 0) is 0 Å². The third-order valence-electron chi connectivity index (χ3n) is 1.66. The molecule has 0 aliphatic carbocycles. The van der Waals surface area contributed by atoms with Crippen molar-refractivity contribution in [2.45, 2.75) is 19.4 Å². The Morgan fingerprint density at radius 3 is 2.71 bits per heavy atom. The number of anilines is 1. The van der Waals surface area contributed by atoms with E-state index in [-0.39, 0.29) is 5.54 Å². The van der Waals surface area contributed by atoms with E-state index < -0.39 is 0 Å². The maximum Gasteiger partial charge on any atom is 0.0487 e. The molecule has 1 aromatic rings. The van der Waals surface area contributed by atoms with Gasteiger partial charge < -0.3 is 11.1 Å². The minimum atomic E-state index is -0.189. The molecular weight excluding hydrogens is 355 g/mol. The minimum Gasteiger partial charge on any atom is -0.382 e. The van der Waals surface area contributed by atoms with Gasteiger partial charge in [-0.25, -0.2) is 0 Å². The molecule has 14 heavy (non-hydrogen) atoms. The lowest BCUT2D eigenvalue weighted by atomic mass is 10.1. The number of hydrogen-bond acceptors (Lipinski definition) is 2. The Morgan fingerprint density at radius 1 is 1.50 bits per heavy atom. The van der Waals surface area contributed by atoms with Gasteiger partial charge >= 0.3 is 0 Å². The molecule has 0 amide bonds. The molecule has 4 heteroatoms. The summed E-state index contributed by atoms with van der Waals surface area (Å²) in [6.45, 7) is 4.77. The van der Waals surface area contributed by atoms with Gasteiger partial charge in [0.25, 0.3) is 0 Å². The van der Waals surface area contributed by atoms with Crippen LogP contribution in [0, 0.1) is 3.57 Å². The van der Waals surface area contributed by atoms with E-state index in [1.54, 1.807) is 0 Å². The number of nitrogens with one attached hydrogen (secondary N) is 1. The Labute approximate surface area is 107 Å². The molecule has 0 atom stereocenters. The average molecular weight is 369 g/mol. The topological polar surface area (TPSA) is 38.0 Å². The largest absolute Gasteiger partial charge is 0.382 e. The van der Waals surface area contributed by atoms with Gasteiger partial charge in [0.15, 0.2) is 0 Å². The molecule has 0 aromatic heterocycles. The van der Waals surface area contributed by atoms with Crippen LogP contribution in [0.25, 0.3) is 0 Å². The molecule has 0 saturated heterocycles. The van der Waals surface area contributed by atoms with Crippen molar-refractivity contribution < 1.29 is 0 Å². The van der Waals surface area contributed by atoms with E-state index >= 15 is 0 Å². The Balaban J connectivity index is 2.72. The highest BCUT2D eigenvalue weighted by atomic mass is 127. The Morgan fingerprint density at radius 2 is 2.14 bits per heavy atom. The molecule has 2 nitrogen and oxygen atoms in total. The Bertz CT molecular complexity index is 320. The van der Waals surface area contributed by atoms with E-state index in [0.29, 0.717) is 0 Å². The van der Waals surface area contributed by atoms with Crippen molar-refractivity contribution in [1.29, 1.82) is 0 Å². The first kappa shape index (κ1) is 12.3. The lowest BCUT2D eigenvalue weighted by Crippen LogP contribution is -2.39. The fourth-order valence-electron chi connectivity index (χ4n) is 0.956. The lowest BCUT2D eigenvalue weighted by molar-refractivity contribution is 0.549. The Kier molecular flexibility index (Phi) is 4.21. The van der Waals surface area contributed by atoms with Gasteiger partial charge in [-0.3, -0.25) is 0 Å². The molecule has 3 N–H and O–H groups in total. The first-order valence-corrected chi connectivity index (χ1v) is 6.23. The van der Waals surface area contributed by atoms with Crippen LogP contribution >= 0.6 is 38.5 Å². The zero-order valence-corrected chi connectivity index (χ0v) is 12.0. The lowest BCUT2D eigenvalue weighted by Gasteiger charge is -2.20. The molecule has 0 aliphatic heterocycles. The fourth-order valence-corrected chi connectivity index (χ4v) is 1.84. The summed E-state index contributed by atoms with van der Waals surface area (Å²) in [7, 11) is 0. The van der Waals surface area contributed by atoms with Crippen molar-refractivity contribution in [1.82, 2.24) is 0 Å². The molecule has 0 bridgehead atoms. The quantitative estimate of drug-likeness (QED) is 0.804. The van der Waals surface area contributed by atoms with Gasteiger partial charge in [-0.05, 0) is 54.6 Å². The number of benzene rings is 1. The molecule has 78 valence electrons. The second kappa shape index (κ2) is 4.81. The molecule has 0 radical (unpaired) electrons. The highest BCUT2D eigenvalue weighted by Gasteiger charge is 2.10. The number of hydrogen-bond donors (Lipinski definition) is 2. The summed E-state index contributed by atoms with van der Waals surface area (Å²) in [6, 6.07) is 6.16. The summed E-state index contributed by atoms with van der Waals surface area (Å²) < 4.78 is 2.28. The predicted octanol–water partition coefficient (Wildman–Crippen LogP) is 3.20. The zero-order chi connectivity index (χ0) is 10.8. The second-order valence-electron chi connectivity index (χ2n) is 3.97. The van der Waals surface area contributed by atoms with Crippen LogP contribution in [0.5, 0.6) is 0 Å². The van der Waals surface area contributed by atoms with Gasteiger partial charge in [-0.2, -0.15) is 0 Å². The van der Waals surface area contributed by atoms with Gasteiger partial charge in [-0.15, -0.1) is 0 Å². The standard InChI is InChI=1S/C10H14BrIN2/c1-10(2,13)6-14-9-5-7(11)3-4-8(9)12/h3-5,14H,6,13H2,1-2H3. The van der Waals surface area contributed by atoms with Crippen molar-refractivity contribution in [3.63, 3.8) is 0 Å². The first-order chi connectivity index (χ1) is 6.38. The fraction of sp³-hybridized carbons (Fsp3) is 0.400. The van der Waals surface area contributed by atoms with E-state index in [4.69, 9.17) is 5.73 Å². The summed E-state index contributed by atoms with van der Waals surface area (Å²) in [5.74, 6) is 0. The summed E-state index contributed by atoms with van der Waals surface area (Å²) >= 11 is 5.75. The number of rotatable bonds is 3. The molecule has 1 aromatic carbocycles. The zero-order valence-electron chi connectivity index (χ0n) is 8.27. The van der Waals surface area contributed by atoms with Gasteiger partial charge in [0.05, 0.1) is 0 Å². The maximum absolute atomic E-state index is 5.89. The normalized spacial score (nSPS) is 11.5. The third kappa shape index (κ3) is 4.14. The van der Waals surface area contributed by atoms with Crippen LogP contribution in [0.3, 0.4) is 0 Å². The molecule has 0 heterocycles. The van der Waals surface area contributed by atoms with Crippen LogP contribution in [0.2, 0.25) is 0 Å². The van der Waals surface area contributed by atoms with Gasteiger partial charge in [0.2, 0.25) is 0 Å². The van der Waals surface area contributed by atoms with Crippen LogP contribution in [0.4, 0.5) is 5.69 Å². The molecule has 0 fully saturated rings. The maximum atomic E-state index is 5.89. The Hall–Kier alpha value is 0.190. The molecule has 1 rings (SSSR count). The number of nitrogens with two attached hydrogens (primary N) is 1. The van der Waals surface area contributed by atoms with Crippen LogP contribution < -0.4 is 11.1 Å². The van der Waals surface area contributed by atoms with Crippen molar-refractivity contribution in [2.24, 2.45) is 5.73 Å². The molecule has 0 aliphatic rings. The average Bonchev–Trinajstić information content (AvgIpc) is 2.05. The summed E-state index contributed by atoms with van der Waals surface area (Å²) in [5.41, 5.74) is 6.83. The van der Waals surface area contributed by atoms with Gasteiger partial charge in [-0.1, -0.05) is 15.9 Å². The first-order valence-electron chi connectivity index (χ1n) is 4.36. The molecular formula is C10H14BrIN2. The van der Waals surface area contributed by atoms with Crippen molar-refractivity contribution >= 4 is 44.2 Å². The molecule has 0 spiro atoms. The summed E-state index contributed by atoms with van der Waals surface area (Å²) in [6.07, 6.45) is 0. The monoisotopic (exact) mass is 368 g/mol. The van der Waals surface area contributed by atoms with E-state index in [9.17, 15) is 0 Å². The summed E-state index contributed by atoms with van der Waals surface area (Å²) in [5, 5.41) is 3.33. The SMILES string of the molecule is CC(C)(N)CNc1cc(Br)ccc1I. The second-order valence-corrected chi connectivity index (χ2v) is 6.04. The number of halogens is 2. The van der Waals surface area contributed by atoms with E-state index in [0.717, 1.165) is 16.7 Å². The minimum absolute atomic E-state index is 0.189. The predicted molar refractivity (Wildman–Crippen MR) is 73.6 cm³/mol. The smallest absolute Gasteiger partial charge is 0.0487 e. The van der Waals surface area contributed by atoms with Crippen LogP contribution in [0.1, 0.15) is 13.8 Å². The van der Waals surface area contributed by atoms with Gasteiger partial charge in [0.1, 0.15) is 0 Å². The van der Waals surface area contributed by atoms with E-state index in [1.165, 1.54) is 3.57 Å². The van der Waals surface area contributed by atoms with E-state index in [2.05, 4.69) is 56.0 Å². The third-order valence-corrected chi connectivity index (χ3v) is 3.10. The van der Waals surface area contributed by atoms with Crippen LogP contribution in [0.15, 0.2) is 22.7 Å². The van der Waals surface area contributed by atoms with Crippen molar-refractivity contribution in [3.05, 3.63) is 26.2 Å². The van der Waals surface area contributed by atoms with Gasteiger partial charge in [0, 0.05) is 25.8 Å². The van der Waals surface area contributed by atoms with Crippen LogP contribution in [-0.4, -0.2) is 12.1 Å². The molecule has 0 saturated carbocycles. The highest BCUT2D eigenvalue weighted by Crippen LogP contribution is 2.23. The van der Waals surface area contributed by atoms with Crippen molar-refractivity contribution in [2.75, 3.05) is 11.9 Å². The van der Waals surface area contributed by atoms with E-state index in [1.807, 2.05) is 19.9 Å². The molecule has 0 unspecified atom stereocenters. The van der Waals surface area contributed by atoms with Crippen molar-refractivity contribution in [3.8, 4) is 0 Å². The summed E-state index contributed by atoms with van der Waals surface area (Å²) in [4.78, 5) is 0. The highest BCUT2D eigenvalue weighted by molar-refractivity contribution is 14.1.